The van der Waals surface area contributed by atoms with Crippen molar-refractivity contribution in [2.45, 2.75) is 42.4 Å². The maximum absolute atomic E-state index is 12.2. The summed E-state index contributed by atoms with van der Waals surface area (Å²) in [4.78, 5) is 23.9. The van der Waals surface area contributed by atoms with Crippen molar-refractivity contribution in [3.8, 4) is 0 Å². The Hall–Kier alpha value is -1.41. The predicted molar refractivity (Wildman–Crippen MR) is 82.9 cm³/mol. The van der Waals surface area contributed by atoms with Gasteiger partial charge in [-0.05, 0) is 25.0 Å². The third kappa shape index (κ3) is 4.07. The summed E-state index contributed by atoms with van der Waals surface area (Å²) in [6, 6.07) is 2.45. The third-order valence-corrected chi connectivity index (χ3v) is 6.72. The quantitative estimate of drug-likeness (QED) is 0.812. The number of carboxylic acid groups (broad SMARTS) is 1. The first-order chi connectivity index (χ1) is 10.3. The van der Waals surface area contributed by atoms with Crippen molar-refractivity contribution in [2.24, 2.45) is 5.92 Å². The van der Waals surface area contributed by atoms with E-state index >= 15 is 0 Å². The molecule has 0 unspecified atom stereocenters. The largest absolute Gasteiger partial charge is 0.481 e. The normalized spacial score (nSPS) is 22.8. The van der Waals surface area contributed by atoms with Crippen LogP contribution in [0, 0.1) is 5.92 Å². The van der Waals surface area contributed by atoms with Crippen LogP contribution >= 0.6 is 11.3 Å². The van der Waals surface area contributed by atoms with Crippen molar-refractivity contribution >= 4 is 33.1 Å². The van der Waals surface area contributed by atoms with Crippen LogP contribution in [0.5, 0.6) is 0 Å². The van der Waals surface area contributed by atoms with Gasteiger partial charge in [0.05, 0.1) is 10.8 Å². The first kappa shape index (κ1) is 17.0. The smallest absolute Gasteiger partial charge is 0.308 e. The number of aliphatic carboxylic acids is 1. The van der Waals surface area contributed by atoms with Crippen LogP contribution < -0.4 is 5.32 Å². The van der Waals surface area contributed by atoms with E-state index in [2.05, 4.69) is 5.32 Å². The van der Waals surface area contributed by atoms with Gasteiger partial charge in [0.25, 0.3) is 5.91 Å². The molecule has 2 atom stereocenters. The van der Waals surface area contributed by atoms with E-state index in [4.69, 9.17) is 0 Å². The minimum Gasteiger partial charge on any atom is -0.481 e. The summed E-state index contributed by atoms with van der Waals surface area (Å²) in [5.41, 5.74) is 0. The van der Waals surface area contributed by atoms with Gasteiger partial charge >= 0.3 is 5.97 Å². The number of thiophene rings is 1. The lowest BCUT2D eigenvalue weighted by molar-refractivity contribution is -0.142. The molecule has 2 N–H and O–H groups in total. The Morgan fingerprint density at radius 2 is 1.91 bits per heavy atom. The highest BCUT2D eigenvalue weighted by molar-refractivity contribution is 7.92. The molecule has 1 aliphatic rings. The van der Waals surface area contributed by atoms with Crippen LogP contribution in [0.3, 0.4) is 0 Å². The number of sulfone groups is 1. The molecule has 0 aromatic carbocycles. The molecule has 0 saturated heterocycles. The number of rotatable bonds is 4. The highest BCUT2D eigenvalue weighted by Gasteiger charge is 2.31. The minimum absolute atomic E-state index is 0.133. The number of carbonyl (C=O) groups excluding carboxylic acids is 1. The number of amides is 1. The first-order valence-electron chi connectivity index (χ1n) is 7.12. The number of nitrogens with one attached hydrogen (secondary N) is 1. The molecule has 1 aromatic rings. The number of carboxylic acids is 1. The van der Waals surface area contributed by atoms with Crippen LogP contribution in [0.15, 0.2) is 16.3 Å². The van der Waals surface area contributed by atoms with E-state index in [0.717, 1.165) is 36.9 Å². The summed E-state index contributed by atoms with van der Waals surface area (Å²) >= 11 is 0.904. The van der Waals surface area contributed by atoms with Crippen molar-refractivity contribution in [3.63, 3.8) is 0 Å². The molecular formula is C14H19NO5S2. The van der Waals surface area contributed by atoms with Crippen LogP contribution in [0.4, 0.5) is 0 Å². The van der Waals surface area contributed by atoms with Gasteiger partial charge in [0.2, 0.25) is 0 Å². The van der Waals surface area contributed by atoms with Crippen molar-refractivity contribution in [1.82, 2.24) is 5.32 Å². The molecule has 22 heavy (non-hydrogen) atoms. The van der Waals surface area contributed by atoms with E-state index in [-0.39, 0.29) is 9.09 Å². The molecule has 0 spiro atoms. The van der Waals surface area contributed by atoms with E-state index in [0.29, 0.717) is 12.8 Å². The van der Waals surface area contributed by atoms with E-state index in [1.165, 1.54) is 12.1 Å². The molecule has 0 bridgehead atoms. The van der Waals surface area contributed by atoms with Gasteiger partial charge in [0, 0.05) is 12.3 Å². The van der Waals surface area contributed by atoms with E-state index in [9.17, 15) is 23.1 Å². The zero-order valence-electron chi connectivity index (χ0n) is 12.2. The fourth-order valence-electron chi connectivity index (χ4n) is 2.66. The second kappa shape index (κ2) is 6.78. The number of carbonyl (C=O) groups is 2. The summed E-state index contributed by atoms with van der Waals surface area (Å²) in [6.07, 6.45) is 4.97. The summed E-state index contributed by atoms with van der Waals surface area (Å²) in [5.74, 6) is -1.88. The van der Waals surface area contributed by atoms with Gasteiger partial charge in [-0.3, -0.25) is 9.59 Å². The average Bonchev–Trinajstić information content (AvgIpc) is 2.81. The highest BCUT2D eigenvalue weighted by Crippen LogP contribution is 2.26. The summed E-state index contributed by atoms with van der Waals surface area (Å²) in [6.45, 7) is 0. The van der Waals surface area contributed by atoms with Gasteiger partial charge in [-0.1, -0.05) is 19.3 Å². The standard InChI is InChI=1S/C14H19NO5S2/c1-22(19,20)12-8-7-11(21-12)13(16)15-10-6-4-2-3-5-9(10)14(17)18/h7-10H,2-6H2,1H3,(H,15,16)(H,17,18)/t9-,10+/m1/s1. The molecule has 1 aliphatic carbocycles. The molecule has 0 radical (unpaired) electrons. The number of hydrogen-bond donors (Lipinski definition) is 2. The van der Waals surface area contributed by atoms with Crippen molar-refractivity contribution in [1.29, 1.82) is 0 Å². The number of hydrogen-bond acceptors (Lipinski definition) is 5. The van der Waals surface area contributed by atoms with Crippen molar-refractivity contribution < 1.29 is 23.1 Å². The Morgan fingerprint density at radius 1 is 1.23 bits per heavy atom. The Balaban J connectivity index is 2.12. The Morgan fingerprint density at radius 3 is 2.50 bits per heavy atom. The Bertz CT molecular complexity index is 665. The monoisotopic (exact) mass is 345 g/mol. The molecule has 6 nitrogen and oxygen atoms in total. The molecule has 122 valence electrons. The molecule has 1 amide bonds. The summed E-state index contributed by atoms with van der Waals surface area (Å²) < 4.78 is 23.0. The topological polar surface area (TPSA) is 101 Å². The van der Waals surface area contributed by atoms with Crippen LogP contribution in [0.1, 0.15) is 41.8 Å². The van der Waals surface area contributed by atoms with Gasteiger partial charge in [-0.15, -0.1) is 11.3 Å². The zero-order chi connectivity index (χ0) is 16.3. The van der Waals surface area contributed by atoms with Crippen molar-refractivity contribution in [2.75, 3.05) is 6.26 Å². The third-order valence-electron chi connectivity index (χ3n) is 3.82. The van der Waals surface area contributed by atoms with Crippen LogP contribution in [0.2, 0.25) is 0 Å². The van der Waals surface area contributed by atoms with Crippen LogP contribution in [-0.2, 0) is 14.6 Å². The zero-order valence-corrected chi connectivity index (χ0v) is 13.9. The molecular weight excluding hydrogens is 326 g/mol. The Kier molecular flexibility index (Phi) is 5.23. The maximum atomic E-state index is 12.2. The second-order valence-corrected chi connectivity index (χ2v) is 8.88. The van der Waals surface area contributed by atoms with Gasteiger partial charge < -0.3 is 10.4 Å². The minimum atomic E-state index is -3.33. The van der Waals surface area contributed by atoms with E-state index in [1.54, 1.807) is 0 Å². The maximum Gasteiger partial charge on any atom is 0.308 e. The molecule has 1 heterocycles. The lowest BCUT2D eigenvalue weighted by Gasteiger charge is -2.22. The molecule has 0 aliphatic heterocycles. The SMILES string of the molecule is CS(=O)(=O)c1ccc(C(=O)N[C@H]2CCCCC[C@H]2C(=O)O)s1. The molecule has 2 rings (SSSR count). The predicted octanol–water partition coefficient (Wildman–Crippen LogP) is 1.91. The lowest BCUT2D eigenvalue weighted by Crippen LogP contribution is -2.42. The first-order valence-corrected chi connectivity index (χ1v) is 9.83. The van der Waals surface area contributed by atoms with Crippen LogP contribution in [-0.4, -0.2) is 37.7 Å². The Labute approximate surface area is 133 Å². The van der Waals surface area contributed by atoms with Gasteiger partial charge in [0.1, 0.15) is 4.21 Å². The van der Waals surface area contributed by atoms with Gasteiger partial charge in [-0.25, -0.2) is 8.42 Å². The highest BCUT2D eigenvalue weighted by atomic mass is 32.2. The van der Waals surface area contributed by atoms with Gasteiger partial charge in [0.15, 0.2) is 9.84 Å². The second-order valence-electron chi connectivity index (χ2n) is 5.55. The van der Waals surface area contributed by atoms with Crippen LogP contribution in [0.25, 0.3) is 0 Å². The summed E-state index contributed by atoms with van der Waals surface area (Å²) in [7, 11) is -3.33. The molecule has 1 fully saturated rings. The van der Waals surface area contributed by atoms with E-state index < -0.39 is 33.7 Å². The molecule has 8 heteroatoms. The summed E-state index contributed by atoms with van der Waals surface area (Å²) in [5, 5.41) is 12.1. The van der Waals surface area contributed by atoms with Crippen molar-refractivity contribution in [3.05, 3.63) is 17.0 Å². The fourth-order valence-corrected chi connectivity index (χ4v) is 4.49. The molecule has 1 saturated carbocycles. The van der Waals surface area contributed by atoms with Gasteiger partial charge in [-0.2, -0.15) is 0 Å². The lowest BCUT2D eigenvalue weighted by atomic mass is 9.95. The molecule has 1 aromatic heterocycles. The average molecular weight is 345 g/mol. The van der Waals surface area contributed by atoms with E-state index in [1.807, 2.05) is 0 Å². The fraction of sp³-hybridized carbons (Fsp3) is 0.571.